The molecule has 0 aliphatic heterocycles. The van der Waals surface area contributed by atoms with E-state index in [0.717, 1.165) is 0 Å². The first-order valence-electron chi connectivity index (χ1n) is 6.47. The predicted molar refractivity (Wildman–Crippen MR) is 80.6 cm³/mol. The van der Waals surface area contributed by atoms with Crippen LogP contribution in [0.1, 0.15) is 27.2 Å². The molecule has 0 radical (unpaired) electrons. The van der Waals surface area contributed by atoms with Gasteiger partial charge in [0.25, 0.3) is 5.69 Å². The van der Waals surface area contributed by atoms with Crippen LogP contribution in [0.2, 0.25) is 5.02 Å². The summed E-state index contributed by atoms with van der Waals surface area (Å²) >= 11 is 6.00. The number of nitro benzene ring substituents is 1. The fourth-order valence-electron chi connectivity index (χ4n) is 1.85. The zero-order valence-corrected chi connectivity index (χ0v) is 12.5. The van der Waals surface area contributed by atoms with Crippen molar-refractivity contribution in [2.24, 2.45) is 0 Å². The molecule has 1 rings (SSSR count). The summed E-state index contributed by atoms with van der Waals surface area (Å²) in [5, 5.41) is 13.9. The van der Waals surface area contributed by atoms with Crippen molar-refractivity contribution in [2.45, 2.75) is 27.2 Å². The second-order valence-corrected chi connectivity index (χ2v) is 4.56. The maximum atomic E-state index is 11.5. The monoisotopic (exact) mass is 299 g/mol. The molecule has 0 saturated heterocycles. The number of hydrogen-bond acceptors (Lipinski definition) is 4. The molecule has 110 valence electrons. The van der Waals surface area contributed by atoms with Crippen LogP contribution in [-0.4, -0.2) is 23.9 Å². The van der Waals surface area contributed by atoms with E-state index in [4.69, 9.17) is 11.6 Å². The van der Waals surface area contributed by atoms with Gasteiger partial charge in [-0.05, 0) is 19.9 Å². The third-order valence-electron chi connectivity index (χ3n) is 2.96. The molecule has 0 aliphatic rings. The van der Waals surface area contributed by atoms with Crippen LogP contribution in [0.4, 0.5) is 17.1 Å². The highest BCUT2D eigenvalue weighted by Crippen LogP contribution is 2.36. The number of nitrogens with zero attached hydrogens (tertiary/aromatic N) is 2. The molecule has 6 nitrogen and oxygen atoms in total. The van der Waals surface area contributed by atoms with Gasteiger partial charge in [-0.2, -0.15) is 0 Å². The van der Waals surface area contributed by atoms with Crippen LogP contribution in [0.3, 0.4) is 0 Å². The van der Waals surface area contributed by atoms with Gasteiger partial charge in [0.2, 0.25) is 5.91 Å². The molecule has 0 spiro atoms. The van der Waals surface area contributed by atoms with Crippen molar-refractivity contribution < 1.29 is 9.72 Å². The minimum atomic E-state index is -0.467. The summed E-state index contributed by atoms with van der Waals surface area (Å²) < 4.78 is 0. The lowest BCUT2D eigenvalue weighted by Gasteiger charge is -2.22. The molecule has 0 unspecified atom stereocenters. The van der Waals surface area contributed by atoms with Crippen molar-refractivity contribution in [3.63, 3.8) is 0 Å². The molecule has 1 N–H and O–H groups in total. The van der Waals surface area contributed by atoms with Gasteiger partial charge in [0.05, 0.1) is 15.6 Å². The Kier molecular flexibility index (Phi) is 5.76. The van der Waals surface area contributed by atoms with Crippen molar-refractivity contribution in [1.29, 1.82) is 0 Å². The van der Waals surface area contributed by atoms with Gasteiger partial charge in [0, 0.05) is 25.6 Å². The van der Waals surface area contributed by atoms with Crippen LogP contribution in [0.5, 0.6) is 0 Å². The first-order chi connectivity index (χ1) is 9.44. The van der Waals surface area contributed by atoms with Crippen molar-refractivity contribution in [3.8, 4) is 0 Å². The number of amides is 1. The van der Waals surface area contributed by atoms with Gasteiger partial charge in [-0.3, -0.25) is 14.9 Å². The number of nitrogens with one attached hydrogen (secondary N) is 1. The highest BCUT2D eigenvalue weighted by molar-refractivity contribution is 6.34. The number of halogens is 1. The quantitative estimate of drug-likeness (QED) is 0.645. The Morgan fingerprint density at radius 3 is 2.40 bits per heavy atom. The molecule has 1 aromatic rings. The third kappa shape index (κ3) is 3.60. The minimum absolute atomic E-state index is 0.0619. The Labute approximate surface area is 122 Å². The van der Waals surface area contributed by atoms with E-state index in [2.05, 4.69) is 5.32 Å². The van der Waals surface area contributed by atoms with Gasteiger partial charge in [-0.15, -0.1) is 0 Å². The number of hydrogen-bond donors (Lipinski definition) is 1. The topological polar surface area (TPSA) is 75.5 Å². The molecule has 0 heterocycles. The summed E-state index contributed by atoms with van der Waals surface area (Å²) in [5.41, 5.74) is 0.787. The van der Waals surface area contributed by atoms with E-state index in [1.54, 1.807) is 13.0 Å². The number of benzene rings is 1. The standard InChI is InChI=1S/C13H18ClN3O3/c1-4-13(18)15-10-8-11(16(5-2)6-3)12(17(19)20)7-9(10)14/h7-8H,4-6H2,1-3H3,(H,15,18). The van der Waals surface area contributed by atoms with E-state index in [9.17, 15) is 14.9 Å². The minimum Gasteiger partial charge on any atom is -0.366 e. The molecule has 1 aromatic carbocycles. The van der Waals surface area contributed by atoms with Crippen molar-refractivity contribution in [2.75, 3.05) is 23.3 Å². The molecular formula is C13H18ClN3O3. The van der Waals surface area contributed by atoms with Crippen molar-refractivity contribution >= 4 is 34.6 Å². The Morgan fingerprint density at radius 1 is 1.35 bits per heavy atom. The fourth-order valence-corrected chi connectivity index (χ4v) is 2.05. The molecule has 0 fully saturated rings. The van der Waals surface area contributed by atoms with Gasteiger partial charge in [0.15, 0.2) is 0 Å². The van der Waals surface area contributed by atoms with Crippen molar-refractivity contribution in [3.05, 3.63) is 27.3 Å². The third-order valence-corrected chi connectivity index (χ3v) is 3.27. The zero-order chi connectivity index (χ0) is 15.3. The number of carbonyl (C=O) groups is 1. The van der Waals surface area contributed by atoms with E-state index in [-0.39, 0.29) is 16.6 Å². The summed E-state index contributed by atoms with van der Waals surface area (Å²) in [5.74, 6) is -0.189. The van der Waals surface area contributed by atoms with Gasteiger partial charge in [-0.1, -0.05) is 18.5 Å². The van der Waals surface area contributed by atoms with Crippen LogP contribution in [0, 0.1) is 10.1 Å². The SMILES string of the molecule is CCC(=O)Nc1cc(N(CC)CC)c([N+](=O)[O-])cc1Cl. The largest absolute Gasteiger partial charge is 0.366 e. The fraction of sp³-hybridized carbons (Fsp3) is 0.462. The summed E-state index contributed by atoms with van der Waals surface area (Å²) in [6.07, 6.45) is 0.313. The molecule has 0 aliphatic carbocycles. The number of carbonyl (C=O) groups excluding carboxylic acids is 1. The average molecular weight is 300 g/mol. The van der Waals surface area contributed by atoms with Crippen LogP contribution in [0.25, 0.3) is 0 Å². The maximum Gasteiger partial charge on any atom is 0.294 e. The highest BCUT2D eigenvalue weighted by Gasteiger charge is 2.21. The lowest BCUT2D eigenvalue weighted by atomic mass is 10.2. The summed E-state index contributed by atoms with van der Waals surface area (Å²) in [6, 6.07) is 2.83. The first kappa shape index (κ1) is 16.2. The Balaban J connectivity index is 3.33. The molecular weight excluding hydrogens is 282 g/mol. The van der Waals surface area contributed by atoms with Crippen LogP contribution in [-0.2, 0) is 4.79 Å². The van der Waals surface area contributed by atoms with E-state index in [1.165, 1.54) is 6.07 Å². The second kappa shape index (κ2) is 7.09. The van der Waals surface area contributed by atoms with E-state index in [1.807, 2.05) is 18.7 Å². The molecule has 0 aromatic heterocycles. The van der Waals surface area contributed by atoms with Crippen LogP contribution >= 0.6 is 11.6 Å². The highest BCUT2D eigenvalue weighted by atomic mass is 35.5. The molecule has 0 bridgehead atoms. The molecule has 1 amide bonds. The van der Waals surface area contributed by atoms with Gasteiger partial charge < -0.3 is 10.2 Å². The lowest BCUT2D eigenvalue weighted by Crippen LogP contribution is -2.23. The van der Waals surface area contributed by atoms with E-state index in [0.29, 0.717) is 30.9 Å². The average Bonchev–Trinajstić information content (AvgIpc) is 2.42. The van der Waals surface area contributed by atoms with E-state index >= 15 is 0 Å². The molecule has 0 atom stereocenters. The maximum absolute atomic E-state index is 11.5. The van der Waals surface area contributed by atoms with Gasteiger partial charge in [0.1, 0.15) is 5.69 Å². The molecule has 7 heteroatoms. The smallest absolute Gasteiger partial charge is 0.294 e. The summed E-state index contributed by atoms with van der Waals surface area (Å²) in [7, 11) is 0. The predicted octanol–water partition coefficient (Wildman–Crippen LogP) is 3.44. The van der Waals surface area contributed by atoms with E-state index < -0.39 is 4.92 Å². The lowest BCUT2D eigenvalue weighted by molar-refractivity contribution is -0.384. The van der Waals surface area contributed by atoms with Gasteiger partial charge in [-0.25, -0.2) is 0 Å². The first-order valence-corrected chi connectivity index (χ1v) is 6.85. The summed E-state index contributed by atoms with van der Waals surface area (Å²) in [6.45, 7) is 6.79. The zero-order valence-electron chi connectivity index (χ0n) is 11.8. The van der Waals surface area contributed by atoms with Crippen molar-refractivity contribution in [1.82, 2.24) is 0 Å². The number of nitro groups is 1. The summed E-state index contributed by atoms with van der Waals surface area (Å²) in [4.78, 5) is 24.0. The Bertz CT molecular complexity index is 516. The molecule has 0 saturated carbocycles. The number of anilines is 2. The van der Waals surface area contributed by atoms with Crippen LogP contribution < -0.4 is 10.2 Å². The Morgan fingerprint density at radius 2 is 1.95 bits per heavy atom. The molecule has 20 heavy (non-hydrogen) atoms. The van der Waals surface area contributed by atoms with Gasteiger partial charge >= 0.3 is 0 Å². The number of rotatable bonds is 6. The Hall–Kier alpha value is -1.82. The van der Waals surface area contributed by atoms with Crippen LogP contribution in [0.15, 0.2) is 12.1 Å². The normalized spacial score (nSPS) is 10.2. The second-order valence-electron chi connectivity index (χ2n) is 4.15.